The number of H-pyrrole nitrogens is 1. The van der Waals surface area contributed by atoms with Gasteiger partial charge in [0.25, 0.3) is 5.91 Å². The zero-order chi connectivity index (χ0) is 13.8. The van der Waals surface area contributed by atoms with Gasteiger partial charge in [-0.2, -0.15) is 0 Å². The van der Waals surface area contributed by atoms with Gasteiger partial charge in [-0.15, -0.1) is 0 Å². The van der Waals surface area contributed by atoms with Crippen LogP contribution in [0.5, 0.6) is 0 Å². The van der Waals surface area contributed by atoms with Gasteiger partial charge >= 0.3 is 0 Å². The molecule has 0 aliphatic heterocycles. The summed E-state index contributed by atoms with van der Waals surface area (Å²) in [7, 11) is 3.46. The molecule has 102 valence electrons. The van der Waals surface area contributed by atoms with Gasteiger partial charge in [0.2, 0.25) is 0 Å². The summed E-state index contributed by atoms with van der Waals surface area (Å²) < 4.78 is 0. The van der Waals surface area contributed by atoms with Gasteiger partial charge in [-0.05, 0) is 12.5 Å². The van der Waals surface area contributed by atoms with Crippen molar-refractivity contribution in [3.63, 3.8) is 0 Å². The first kappa shape index (κ1) is 13.5. The zero-order valence-electron chi connectivity index (χ0n) is 11.7. The second-order valence-corrected chi connectivity index (χ2v) is 4.93. The van der Waals surface area contributed by atoms with Crippen molar-refractivity contribution >= 4 is 16.9 Å². The van der Waals surface area contributed by atoms with E-state index in [-0.39, 0.29) is 5.91 Å². The second kappa shape index (κ2) is 5.82. The third-order valence-corrected chi connectivity index (χ3v) is 3.06. The molecule has 2 rings (SSSR count). The monoisotopic (exact) mass is 260 g/mol. The third-order valence-electron chi connectivity index (χ3n) is 3.06. The molecular formula is C14H20N4O. The number of carbonyl (C=O) groups is 1. The molecule has 0 saturated carbocycles. The summed E-state index contributed by atoms with van der Waals surface area (Å²) in [5.74, 6) is 0.789. The Bertz CT molecular complexity index is 574. The molecule has 0 bridgehead atoms. The van der Waals surface area contributed by atoms with Gasteiger partial charge in [-0.1, -0.05) is 19.8 Å². The van der Waals surface area contributed by atoms with Crippen LogP contribution < -0.4 is 0 Å². The molecule has 0 unspecified atom stereocenters. The normalized spacial score (nSPS) is 10.9. The number of aromatic amines is 1. The van der Waals surface area contributed by atoms with Crippen molar-refractivity contribution in [1.82, 2.24) is 19.9 Å². The van der Waals surface area contributed by atoms with Crippen molar-refractivity contribution in [1.29, 1.82) is 0 Å². The minimum atomic E-state index is -0.0504. The van der Waals surface area contributed by atoms with Gasteiger partial charge in [0.15, 0.2) is 0 Å². The number of nitrogens with zero attached hydrogens (tertiary/aromatic N) is 3. The van der Waals surface area contributed by atoms with Crippen molar-refractivity contribution in [3.8, 4) is 0 Å². The van der Waals surface area contributed by atoms with Gasteiger partial charge < -0.3 is 9.88 Å². The molecule has 0 aliphatic rings. The molecule has 1 N–H and O–H groups in total. The Hall–Kier alpha value is -1.91. The van der Waals surface area contributed by atoms with Crippen LogP contribution in [0.1, 0.15) is 42.5 Å². The van der Waals surface area contributed by atoms with Gasteiger partial charge in [0.05, 0.1) is 0 Å². The van der Waals surface area contributed by atoms with Gasteiger partial charge in [0.1, 0.15) is 17.2 Å². The van der Waals surface area contributed by atoms with Gasteiger partial charge in [-0.25, -0.2) is 9.97 Å². The Balaban J connectivity index is 2.21. The molecule has 0 saturated heterocycles. The number of hydrogen-bond acceptors (Lipinski definition) is 3. The van der Waals surface area contributed by atoms with Crippen LogP contribution >= 0.6 is 0 Å². The predicted octanol–water partition coefficient (Wildman–Crippen LogP) is 2.39. The molecule has 0 fully saturated rings. The van der Waals surface area contributed by atoms with E-state index in [1.165, 1.54) is 12.8 Å². The van der Waals surface area contributed by atoms with E-state index in [4.69, 9.17) is 0 Å². The molecule has 0 radical (unpaired) electrons. The summed E-state index contributed by atoms with van der Waals surface area (Å²) in [6.45, 7) is 2.17. The van der Waals surface area contributed by atoms with Crippen LogP contribution in [-0.4, -0.2) is 39.9 Å². The molecule has 2 aromatic rings. The van der Waals surface area contributed by atoms with E-state index in [2.05, 4.69) is 21.9 Å². The molecular weight excluding hydrogens is 240 g/mol. The average molecular weight is 260 g/mol. The van der Waals surface area contributed by atoms with Crippen LogP contribution in [0.4, 0.5) is 0 Å². The fourth-order valence-corrected chi connectivity index (χ4v) is 1.96. The topological polar surface area (TPSA) is 61.9 Å². The fraction of sp³-hybridized carbons (Fsp3) is 0.500. The fourth-order valence-electron chi connectivity index (χ4n) is 1.96. The summed E-state index contributed by atoms with van der Waals surface area (Å²) >= 11 is 0. The molecule has 0 aromatic carbocycles. The van der Waals surface area contributed by atoms with Crippen LogP contribution in [0.15, 0.2) is 12.3 Å². The number of nitrogens with one attached hydrogen (secondary N) is 1. The molecule has 2 aromatic heterocycles. The van der Waals surface area contributed by atoms with Crippen LogP contribution in [0.2, 0.25) is 0 Å². The molecule has 5 nitrogen and oxygen atoms in total. The highest BCUT2D eigenvalue weighted by molar-refractivity contribution is 5.96. The van der Waals surface area contributed by atoms with Crippen molar-refractivity contribution in [2.24, 2.45) is 0 Å². The lowest BCUT2D eigenvalue weighted by Gasteiger charge is -2.07. The molecule has 0 atom stereocenters. The van der Waals surface area contributed by atoms with Crippen molar-refractivity contribution in [2.45, 2.75) is 32.6 Å². The SMILES string of the molecule is CCCCCc1ncc2cc(C(=O)N(C)C)[nH]c2n1. The zero-order valence-corrected chi connectivity index (χ0v) is 11.7. The third kappa shape index (κ3) is 3.10. The van der Waals surface area contributed by atoms with E-state index < -0.39 is 0 Å². The minimum Gasteiger partial charge on any atom is -0.344 e. The summed E-state index contributed by atoms with van der Waals surface area (Å²) in [5.41, 5.74) is 1.30. The average Bonchev–Trinajstić information content (AvgIpc) is 2.81. The lowest BCUT2D eigenvalue weighted by atomic mass is 10.2. The van der Waals surface area contributed by atoms with Crippen molar-refractivity contribution in [3.05, 3.63) is 23.8 Å². The van der Waals surface area contributed by atoms with Crippen molar-refractivity contribution < 1.29 is 4.79 Å². The Kier molecular flexibility index (Phi) is 4.14. The first-order chi connectivity index (χ1) is 9.11. The number of aromatic nitrogens is 3. The summed E-state index contributed by atoms with van der Waals surface area (Å²) in [6.07, 6.45) is 6.15. The Labute approximate surface area is 113 Å². The highest BCUT2D eigenvalue weighted by atomic mass is 16.2. The second-order valence-electron chi connectivity index (χ2n) is 4.93. The smallest absolute Gasteiger partial charge is 0.269 e. The molecule has 0 aliphatic carbocycles. The predicted molar refractivity (Wildman–Crippen MR) is 75.1 cm³/mol. The maximum absolute atomic E-state index is 11.9. The standard InChI is InChI=1S/C14H20N4O/c1-4-5-6-7-12-15-9-10-8-11(14(19)18(2)3)16-13(10)17-12/h8-9H,4-7H2,1-3H3,(H,15,16,17). The van der Waals surface area contributed by atoms with E-state index in [9.17, 15) is 4.79 Å². The number of fused-ring (bicyclic) bond motifs is 1. The summed E-state index contributed by atoms with van der Waals surface area (Å²) in [4.78, 5) is 25.3. The number of rotatable bonds is 5. The Morgan fingerprint density at radius 3 is 2.84 bits per heavy atom. The van der Waals surface area contributed by atoms with Gasteiger partial charge in [-0.3, -0.25) is 4.79 Å². The Morgan fingerprint density at radius 2 is 2.16 bits per heavy atom. The molecule has 19 heavy (non-hydrogen) atoms. The first-order valence-electron chi connectivity index (χ1n) is 6.68. The van der Waals surface area contributed by atoms with E-state index in [0.29, 0.717) is 5.69 Å². The van der Waals surface area contributed by atoms with E-state index in [0.717, 1.165) is 29.7 Å². The van der Waals surface area contributed by atoms with Crippen LogP contribution in [0.3, 0.4) is 0 Å². The van der Waals surface area contributed by atoms with Crippen molar-refractivity contribution in [2.75, 3.05) is 14.1 Å². The lowest BCUT2D eigenvalue weighted by Crippen LogP contribution is -2.21. The maximum atomic E-state index is 11.9. The van der Waals surface area contributed by atoms with Crippen LogP contribution in [0, 0.1) is 0 Å². The number of carbonyl (C=O) groups excluding carboxylic acids is 1. The highest BCUT2D eigenvalue weighted by Crippen LogP contribution is 2.14. The number of hydrogen-bond donors (Lipinski definition) is 1. The Morgan fingerprint density at radius 1 is 1.37 bits per heavy atom. The number of aryl methyl sites for hydroxylation is 1. The first-order valence-corrected chi connectivity index (χ1v) is 6.68. The van der Waals surface area contributed by atoms with Crippen LogP contribution in [-0.2, 0) is 6.42 Å². The largest absolute Gasteiger partial charge is 0.344 e. The number of amides is 1. The number of unbranched alkanes of at least 4 members (excludes halogenated alkanes) is 2. The molecule has 1 amide bonds. The van der Waals surface area contributed by atoms with Gasteiger partial charge in [0, 0.05) is 32.1 Å². The maximum Gasteiger partial charge on any atom is 0.269 e. The van der Waals surface area contributed by atoms with E-state index in [1.54, 1.807) is 31.3 Å². The van der Waals surface area contributed by atoms with E-state index >= 15 is 0 Å². The highest BCUT2D eigenvalue weighted by Gasteiger charge is 2.12. The molecule has 5 heteroatoms. The van der Waals surface area contributed by atoms with E-state index in [1.807, 2.05) is 0 Å². The summed E-state index contributed by atoms with van der Waals surface area (Å²) in [6, 6.07) is 1.80. The molecule has 2 heterocycles. The minimum absolute atomic E-state index is 0.0504. The summed E-state index contributed by atoms with van der Waals surface area (Å²) in [5, 5.41) is 0.879. The molecule has 0 spiro atoms. The lowest BCUT2D eigenvalue weighted by molar-refractivity contribution is 0.0823. The van der Waals surface area contributed by atoms with Crippen LogP contribution in [0.25, 0.3) is 11.0 Å². The quantitative estimate of drug-likeness (QED) is 0.840.